The Morgan fingerprint density at radius 2 is 1.89 bits per heavy atom. The van der Waals surface area contributed by atoms with E-state index >= 15 is 0 Å². The van der Waals surface area contributed by atoms with Crippen LogP contribution in [-0.4, -0.2) is 0 Å². The van der Waals surface area contributed by atoms with Gasteiger partial charge < -0.3 is 10.5 Å². The highest BCUT2D eigenvalue weighted by molar-refractivity contribution is 6.30. The minimum absolute atomic E-state index is 0.0298. The van der Waals surface area contributed by atoms with Gasteiger partial charge in [0.25, 0.3) is 0 Å². The van der Waals surface area contributed by atoms with Crippen LogP contribution in [0.3, 0.4) is 0 Å². The van der Waals surface area contributed by atoms with Crippen LogP contribution in [0.15, 0.2) is 36.4 Å². The van der Waals surface area contributed by atoms with Gasteiger partial charge in [-0.05, 0) is 30.3 Å². The molecule has 0 fully saturated rings. The summed E-state index contributed by atoms with van der Waals surface area (Å²) in [4.78, 5) is 0. The Labute approximate surface area is 108 Å². The summed E-state index contributed by atoms with van der Waals surface area (Å²) in [6.45, 7) is -0.0298. The van der Waals surface area contributed by atoms with Gasteiger partial charge in [0.2, 0.25) is 0 Å². The summed E-state index contributed by atoms with van der Waals surface area (Å²) < 4.78 is 31.4. The molecule has 0 heterocycles. The first-order valence-corrected chi connectivity index (χ1v) is 5.56. The molecule has 0 saturated heterocycles. The normalized spacial score (nSPS) is 10.4. The quantitative estimate of drug-likeness (QED) is 0.861. The molecule has 0 unspecified atom stereocenters. The molecule has 2 nitrogen and oxygen atoms in total. The number of ether oxygens (including phenoxy) is 1. The van der Waals surface area contributed by atoms with Crippen molar-refractivity contribution >= 4 is 17.3 Å². The molecule has 5 heteroatoms. The summed E-state index contributed by atoms with van der Waals surface area (Å²) >= 11 is 5.74. The van der Waals surface area contributed by atoms with Crippen LogP contribution in [0.4, 0.5) is 14.5 Å². The van der Waals surface area contributed by atoms with Crippen LogP contribution in [0.2, 0.25) is 5.02 Å². The molecule has 2 aromatic carbocycles. The molecule has 2 N–H and O–H groups in total. The molecule has 0 aliphatic rings. The van der Waals surface area contributed by atoms with E-state index in [1.807, 2.05) is 0 Å². The van der Waals surface area contributed by atoms with Crippen molar-refractivity contribution in [1.29, 1.82) is 0 Å². The Kier molecular flexibility index (Phi) is 3.67. The monoisotopic (exact) mass is 269 g/mol. The Morgan fingerprint density at radius 1 is 1.11 bits per heavy atom. The van der Waals surface area contributed by atoms with Crippen molar-refractivity contribution < 1.29 is 13.5 Å². The van der Waals surface area contributed by atoms with Crippen molar-refractivity contribution in [3.8, 4) is 5.75 Å². The topological polar surface area (TPSA) is 35.2 Å². The maximum Gasteiger partial charge on any atom is 0.142 e. The zero-order valence-corrected chi connectivity index (χ0v) is 10.0. The van der Waals surface area contributed by atoms with E-state index in [1.54, 1.807) is 12.1 Å². The Hall–Kier alpha value is -1.81. The fraction of sp³-hybridized carbons (Fsp3) is 0.0769. The second-order valence-corrected chi connectivity index (χ2v) is 4.14. The molecule has 0 radical (unpaired) electrons. The van der Waals surface area contributed by atoms with Gasteiger partial charge in [-0.1, -0.05) is 11.6 Å². The van der Waals surface area contributed by atoms with Crippen molar-refractivity contribution in [2.75, 3.05) is 5.73 Å². The van der Waals surface area contributed by atoms with Gasteiger partial charge in [0.05, 0.1) is 5.69 Å². The third kappa shape index (κ3) is 2.90. The number of anilines is 1. The van der Waals surface area contributed by atoms with Crippen molar-refractivity contribution in [1.82, 2.24) is 0 Å². The van der Waals surface area contributed by atoms with Gasteiger partial charge in [-0.2, -0.15) is 0 Å². The second kappa shape index (κ2) is 5.23. The standard InChI is InChI=1S/C13H10ClF2NO/c14-9-2-4-13(12(17)5-9)18-7-8-1-3-10(15)6-11(8)16/h1-6H,7,17H2. The van der Waals surface area contributed by atoms with E-state index in [2.05, 4.69) is 0 Å². The first-order chi connectivity index (χ1) is 8.56. The lowest BCUT2D eigenvalue weighted by molar-refractivity contribution is 0.301. The molecule has 0 aliphatic carbocycles. The molecular formula is C13H10ClF2NO. The van der Waals surface area contributed by atoms with Gasteiger partial charge in [-0.3, -0.25) is 0 Å². The van der Waals surface area contributed by atoms with Crippen LogP contribution in [0.5, 0.6) is 5.75 Å². The van der Waals surface area contributed by atoms with Crippen LogP contribution in [-0.2, 0) is 6.61 Å². The van der Waals surface area contributed by atoms with E-state index < -0.39 is 11.6 Å². The molecule has 0 spiro atoms. The summed E-state index contributed by atoms with van der Waals surface area (Å²) in [5.41, 5.74) is 6.31. The minimum atomic E-state index is -0.650. The fourth-order valence-electron chi connectivity index (χ4n) is 1.45. The number of nitrogens with two attached hydrogens (primary N) is 1. The zero-order valence-electron chi connectivity index (χ0n) is 9.29. The number of nitrogen functional groups attached to an aromatic ring is 1. The highest BCUT2D eigenvalue weighted by atomic mass is 35.5. The number of hydrogen-bond acceptors (Lipinski definition) is 2. The molecule has 18 heavy (non-hydrogen) atoms. The van der Waals surface area contributed by atoms with Crippen molar-refractivity contribution in [3.63, 3.8) is 0 Å². The lowest BCUT2D eigenvalue weighted by Gasteiger charge is -2.09. The van der Waals surface area contributed by atoms with E-state index in [0.717, 1.165) is 6.07 Å². The molecule has 0 amide bonds. The largest absolute Gasteiger partial charge is 0.487 e. The van der Waals surface area contributed by atoms with Crippen LogP contribution >= 0.6 is 11.6 Å². The van der Waals surface area contributed by atoms with Gasteiger partial charge >= 0.3 is 0 Å². The predicted octanol–water partition coefficient (Wildman–Crippen LogP) is 3.78. The van der Waals surface area contributed by atoms with Gasteiger partial charge in [0, 0.05) is 16.7 Å². The summed E-state index contributed by atoms with van der Waals surface area (Å²) in [5, 5.41) is 0.493. The van der Waals surface area contributed by atoms with Crippen molar-refractivity contribution in [2.24, 2.45) is 0 Å². The van der Waals surface area contributed by atoms with Crippen molar-refractivity contribution in [2.45, 2.75) is 6.61 Å². The first-order valence-electron chi connectivity index (χ1n) is 5.18. The SMILES string of the molecule is Nc1cc(Cl)ccc1OCc1ccc(F)cc1F. The molecule has 2 rings (SSSR count). The third-order valence-electron chi connectivity index (χ3n) is 2.37. The molecule has 2 aromatic rings. The number of benzene rings is 2. The van der Waals surface area contributed by atoms with E-state index in [0.29, 0.717) is 16.5 Å². The number of halogens is 3. The molecule has 0 atom stereocenters. The number of rotatable bonds is 3. The van der Waals surface area contributed by atoms with Crippen molar-refractivity contribution in [3.05, 3.63) is 58.6 Å². The first kappa shape index (κ1) is 12.6. The fourth-order valence-corrected chi connectivity index (χ4v) is 1.63. The Bertz CT molecular complexity index is 523. The Morgan fingerprint density at radius 3 is 2.56 bits per heavy atom. The maximum absolute atomic E-state index is 13.3. The predicted molar refractivity (Wildman–Crippen MR) is 66.6 cm³/mol. The van der Waals surface area contributed by atoms with Crippen LogP contribution in [0.25, 0.3) is 0 Å². The van der Waals surface area contributed by atoms with Gasteiger partial charge in [0.15, 0.2) is 0 Å². The maximum atomic E-state index is 13.3. The van der Waals surface area contributed by atoms with Gasteiger partial charge in [-0.25, -0.2) is 8.78 Å². The summed E-state index contributed by atoms with van der Waals surface area (Å²) in [5.74, 6) is -0.868. The second-order valence-electron chi connectivity index (χ2n) is 3.71. The molecular weight excluding hydrogens is 260 g/mol. The summed E-state index contributed by atoms with van der Waals surface area (Å²) in [6, 6.07) is 8.07. The average Bonchev–Trinajstić information content (AvgIpc) is 2.30. The zero-order chi connectivity index (χ0) is 13.1. The van der Waals surface area contributed by atoms with Crippen LogP contribution in [0.1, 0.15) is 5.56 Å². The number of hydrogen-bond donors (Lipinski definition) is 1. The molecule has 0 aliphatic heterocycles. The minimum Gasteiger partial charge on any atom is -0.487 e. The third-order valence-corrected chi connectivity index (χ3v) is 2.61. The highest BCUT2D eigenvalue weighted by Crippen LogP contribution is 2.26. The average molecular weight is 270 g/mol. The summed E-state index contributed by atoms with van der Waals surface area (Å²) in [6.07, 6.45) is 0. The van der Waals surface area contributed by atoms with E-state index in [-0.39, 0.29) is 12.2 Å². The lowest BCUT2D eigenvalue weighted by Crippen LogP contribution is -2.01. The smallest absolute Gasteiger partial charge is 0.142 e. The highest BCUT2D eigenvalue weighted by Gasteiger charge is 2.06. The van der Waals surface area contributed by atoms with E-state index in [1.165, 1.54) is 18.2 Å². The van der Waals surface area contributed by atoms with E-state index in [9.17, 15) is 8.78 Å². The van der Waals surface area contributed by atoms with Gasteiger partial charge in [0.1, 0.15) is 24.0 Å². The summed E-state index contributed by atoms with van der Waals surface area (Å²) in [7, 11) is 0. The van der Waals surface area contributed by atoms with E-state index in [4.69, 9.17) is 22.1 Å². The lowest BCUT2D eigenvalue weighted by atomic mass is 10.2. The molecule has 94 valence electrons. The Balaban J connectivity index is 2.11. The molecule has 0 bridgehead atoms. The van der Waals surface area contributed by atoms with Gasteiger partial charge in [-0.15, -0.1) is 0 Å². The van der Waals surface area contributed by atoms with Crippen LogP contribution in [0, 0.1) is 11.6 Å². The molecule has 0 saturated carbocycles. The molecule has 0 aromatic heterocycles. The van der Waals surface area contributed by atoms with Crippen LogP contribution < -0.4 is 10.5 Å².